The number of fused-ring (bicyclic) bond motifs is 5. The molecule has 4 aliphatic carbocycles. The summed E-state index contributed by atoms with van der Waals surface area (Å²) in [5, 5.41) is 0. The zero-order chi connectivity index (χ0) is 35.8. The van der Waals surface area contributed by atoms with E-state index in [-0.39, 0.29) is 6.10 Å². The van der Waals surface area contributed by atoms with E-state index in [0.717, 1.165) is 48.3 Å². The smallest absolute Gasteiger partial charge is 0.259 e. The zero-order valence-corrected chi connectivity index (χ0v) is 34.2. The van der Waals surface area contributed by atoms with Gasteiger partial charge in [-0.3, -0.25) is 0 Å². The second-order valence-corrected chi connectivity index (χ2v) is 19.2. The molecule has 3 saturated carbocycles. The van der Waals surface area contributed by atoms with Crippen LogP contribution >= 0.6 is 8.53 Å². The number of nitrogens with zero attached hydrogens (tertiary/aromatic N) is 2. The van der Waals surface area contributed by atoms with Crippen LogP contribution in [0.5, 0.6) is 0 Å². The molecule has 6 nitrogen and oxygen atoms in total. The summed E-state index contributed by atoms with van der Waals surface area (Å²) in [5.41, 5.74) is 2.62. The van der Waals surface area contributed by atoms with Crippen molar-refractivity contribution in [2.75, 3.05) is 33.0 Å². The molecule has 49 heavy (non-hydrogen) atoms. The Morgan fingerprint density at radius 3 is 2.37 bits per heavy atom. The molecule has 3 fully saturated rings. The van der Waals surface area contributed by atoms with Crippen LogP contribution in [-0.4, -0.2) is 61.9 Å². The topological polar surface area (TPSA) is 44.5 Å². The molecule has 0 aromatic rings. The SMILES string of the molecule is [C-]#[N+]CCOP(OC(CC)COCCO[C@H]1CC[C@@]2(C)C(=CC[C@H]3[C@@H]4CC[C@H]([C@H](C)CCCC(C)C)[C@@]4(C)CC[C@@H]32)C1)N(C(C)C)C(C)C. The van der Waals surface area contributed by atoms with Crippen LogP contribution in [-0.2, 0) is 18.5 Å². The number of ether oxygens (including phenoxy) is 2. The molecular formula is C42H75N2O4P. The second-order valence-electron chi connectivity index (χ2n) is 17.8. The Kier molecular flexibility index (Phi) is 16.0. The summed E-state index contributed by atoms with van der Waals surface area (Å²) in [4.78, 5) is 3.46. The first-order valence-corrected chi connectivity index (χ1v) is 21.6. The molecular weight excluding hydrogens is 627 g/mol. The maximum atomic E-state index is 7.13. The molecule has 0 N–H and O–H groups in total. The first-order valence-electron chi connectivity index (χ1n) is 20.5. The number of hydrogen-bond donors (Lipinski definition) is 0. The van der Waals surface area contributed by atoms with Crippen molar-refractivity contribution < 1.29 is 18.5 Å². The van der Waals surface area contributed by atoms with Crippen molar-refractivity contribution in [1.82, 2.24) is 4.67 Å². The fourth-order valence-corrected chi connectivity index (χ4v) is 12.7. The van der Waals surface area contributed by atoms with Gasteiger partial charge in [-0.1, -0.05) is 72.5 Å². The van der Waals surface area contributed by atoms with Crippen LogP contribution in [0.15, 0.2) is 11.6 Å². The van der Waals surface area contributed by atoms with Crippen LogP contribution in [0.2, 0.25) is 0 Å². The predicted molar refractivity (Wildman–Crippen MR) is 205 cm³/mol. The molecule has 4 aliphatic rings. The monoisotopic (exact) mass is 703 g/mol. The Labute approximate surface area is 304 Å². The maximum Gasteiger partial charge on any atom is 0.259 e. The molecule has 10 atom stereocenters. The highest BCUT2D eigenvalue weighted by Crippen LogP contribution is 2.67. The van der Waals surface area contributed by atoms with Gasteiger partial charge < -0.3 is 23.4 Å². The lowest BCUT2D eigenvalue weighted by Gasteiger charge is -2.58. The van der Waals surface area contributed by atoms with Crippen LogP contribution in [0.1, 0.15) is 146 Å². The summed E-state index contributed by atoms with van der Waals surface area (Å²) < 4.78 is 27.5. The normalized spacial score (nSPS) is 33.2. The molecule has 0 heterocycles. The van der Waals surface area contributed by atoms with E-state index in [0.29, 0.717) is 62.0 Å². The van der Waals surface area contributed by atoms with E-state index in [1.165, 1.54) is 64.2 Å². The third kappa shape index (κ3) is 10.1. The van der Waals surface area contributed by atoms with Crippen LogP contribution in [0, 0.1) is 52.9 Å². The first-order chi connectivity index (χ1) is 23.3. The van der Waals surface area contributed by atoms with Crippen molar-refractivity contribution in [1.29, 1.82) is 0 Å². The molecule has 0 spiro atoms. The summed E-state index contributed by atoms with van der Waals surface area (Å²) in [6.45, 7) is 33.2. The van der Waals surface area contributed by atoms with Crippen molar-refractivity contribution in [3.63, 3.8) is 0 Å². The number of allylic oxidation sites excluding steroid dienone is 1. The summed E-state index contributed by atoms with van der Waals surface area (Å²) in [6, 6.07) is 0.583. The Morgan fingerprint density at radius 1 is 0.939 bits per heavy atom. The van der Waals surface area contributed by atoms with Gasteiger partial charge in [-0.25, -0.2) is 11.2 Å². The van der Waals surface area contributed by atoms with Crippen molar-refractivity contribution in [2.45, 2.75) is 171 Å². The third-order valence-corrected chi connectivity index (χ3v) is 15.7. The van der Waals surface area contributed by atoms with Gasteiger partial charge in [-0.05, 0) is 132 Å². The minimum absolute atomic E-state index is 0.0460. The van der Waals surface area contributed by atoms with Gasteiger partial charge in [-0.15, -0.1) is 0 Å². The van der Waals surface area contributed by atoms with Gasteiger partial charge in [0.25, 0.3) is 8.53 Å². The van der Waals surface area contributed by atoms with Crippen LogP contribution in [0.25, 0.3) is 4.85 Å². The molecule has 4 rings (SSSR count). The number of rotatable bonds is 20. The lowest BCUT2D eigenvalue weighted by atomic mass is 9.47. The lowest BCUT2D eigenvalue weighted by Crippen LogP contribution is -2.51. The number of hydrogen-bond acceptors (Lipinski definition) is 5. The van der Waals surface area contributed by atoms with Crippen molar-refractivity contribution in [3.8, 4) is 0 Å². The summed E-state index contributed by atoms with van der Waals surface area (Å²) >= 11 is 0. The second kappa shape index (κ2) is 19.0. The van der Waals surface area contributed by atoms with E-state index in [9.17, 15) is 0 Å². The van der Waals surface area contributed by atoms with E-state index in [1.807, 2.05) is 0 Å². The van der Waals surface area contributed by atoms with E-state index in [2.05, 4.69) is 84.8 Å². The van der Waals surface area contributed by atoms with E-state index in [4.69, 9.17) is 25.1 Å². The largest absolute Gasteiger partial charge is 0.376 e. The molecule has 0 aliphatic heterocycles. The van der Waals surface area contributed by atoms with Crippen LogP contribution < -0.4 is 0 Å². The summed E-state index contributed by atoms with van der Waals surface area (Å²) in [7, 11) is -1.26. The first kappa shape index (κ1) is 41.2. The molecule has 0 amide bonds. The van der Waals surface area contributed by atoms with E-state index >= 15 is 0 Å². The van der Waals surface area contributed by atoms with Crippen LogP contribution in [0.4, 0.5) is 0 Å². The van der Waals surface area contributed by atoms with Gasteiger partial charge in [0.1, 0.15) is 6.61 Å². The van der Waals surface area contributed by atoms with Crippen molar-refractivity contribution >= 4 is 8.53 Å². The van der Waals surface area contributed by atoms with Gasteiger partial charge in [0.15, 0.2) is 0 Å². The molecule has 0 aromatic carbocycles. The highest BCUT2D eigenvalue weighted by molar-refractivity contribution is 7.44. The standard InChI is InChI=1S/C42H75N2O4P/c1-12-35(48-49(47-25-24-43-11)44(31(4)5)32(6)7)29-45-26-27-46-36-20-22-41(9)34(28-36)16-17-37-39-19-18-38(33(8)15-13-14-30(2)3)42(39,10)23-21-40(37)41/h16,30-33,35-40H,12-15,17-29H2,1-10H3/t33-,35?,36+,37+,38-,39+,40+,41+,42-,49?/m1/s1. The molecule has 0 saturated heterocycles. The zero-order valence-electron chi connectivity index (χ0n) is 33.3. The van der Waals surface area contributed by atoms with Gasteiger partial charge in [0.2, 0.25) is 6.54 Å². The molecule has 0 radical (unpaired) electrons. The fourth-order valence-electron chi connectivity index (χ4n) is 10.9. The Bertz CT molecular complexity index is 1070. The minimum Gasteiger partial charge on any atom is -0.376 e. The Balaban J connectivity index is 1.24. The summed E-state index contributed by atoms with van der Waals surface area (Å²) in [6.07, 6.45) is 18.7. The van der Waals surface area contributed by atoms with Crippen LogP contribution in [0.3, 0.4) is 0 Å². The van der Waals surface area contributed by atoms with E-state index < -0.39 is 8.53 Å². The maximum absolute atomic E-state index is 7.13. The van der Waals surface area contributed by atoms with Crippen molar-refractivity contribution in [3.05, 3.63) is 23.1 Å². The van der Waals surface area contributed by atoms with Gasteiger partial charge in [0, 0.05) is 12.1 Å². The quantitative estimate of drug-likeness (QED) is 0.0547. The summed E-state index contributed by atoms with van der Waals surface area (Å²) in [5.74, 6) is 5.29. The van der Waals surface area contributed by atoms with Gasteiger partial charge >= 0.3 is 0 Å². The highest BCUT2D eigenvalue weighted by Gasteiger charge is 2.59. The average Bonchev–Trinajstić information content (AvgIpc) is 3.40. The van der Waals surface area contributed by atoms with E-state index in [1.54, 1.807) is 5.57 Å². The Hall–Kier alpha value is -0.540. The Morgan fingerprint density at radius 2 is 1.69 bits per heavy atom. The van der Waals surface area contributed by atoms with Crippen molar-refractivity contribution in [2.24, 2.45) is 46.3 Å². The molecule has 0 aromatic heterocycles. The fraction of sp³-hybridized carbons (Fsp3) is 0.929. The molecule has 7 heteroatoms. The lowest BCUT2D eigenvalue weighted by molar-refractivity contribution is -0.0695. The molecule has 2 unspecified atom stereocenters. The van der Waals surface area contributed by atoms with Gasteiger partial charge in [0.05, 0.1) is 32.0 Å². The highest BCUT2D eigenvalue weighted by atomic mass is 31.2. The third-order valence-electron chi connectivity index (χ3n) is 13.5. The minimum atomic E-state index is -1.26. The predicted octanol–water partition coefficient (Wildman–Crippen LogP) is 11.5. The molecule has 0 bridgehead atoms. The van der Waals surface area contributed by atoms with Gasteiger partial charge in [-0.2, -0.15) is 0 Å². The molecule has 282 valence electrons. The average molecular weight is 703 g/mol.